The average molecular weight is 487 g/mol. The predicted molar refractivity (Wildman–Crippen MR) is 143 cm³/mol. The molecule has 0 spiro atoms. The molecule has 7 heteroatoms. The van der Waals surface area contributed by atoms with Crippen LogP contribution in [-0.2, 0) is 17.7 Å². The molecule has 2 N–H and O–H groups in total. The number of rotatable bonds is 7. The van der Waals surface area contributed by atoms with Crippen molar-refractivity contribution in [3.8, 4) is 16.9 Å². The Morgan fingerprint density at radius 2 is 1.78 bits per heavy atom. The zero-order valence-corrected chi connectivity index (χ0v) is 21.7. The van der Waals surface area contributed by atoms with E-state index >= 15 is 0 Å². The van der Waals surface area contributed by atoms with Crippen molar-refractivity contribution in [1.82, 2.24) is 14.5 Å². The first-order valence-corrected chi connectivity index (χ1v) is 12.4. The minimum atomic E-state index is -0.721. The van der Waals surface area contributed by atoms with Crippen LogP contribution in [0, 0.1) is 6.92 Å². The molecule has 0 amide bonds. The molecule has 7 nitrogen and oxygen atoms in total. The van der Waals surface area contributed by atoms with Crippen LogP contribution in [0.4, 0.5) is 10.5 Å². The summed E-state index contributed by atoms with van der Waals surface area (Å²) in [6.45, 7) is 10.2. The van der Waals surface area contributed by atoms with Gasteiger partial charge in [0.1, 0.15) is 17.2 Å². The summed E-state index contributed by atoms with van der Waals surface area (Å²) >= 11 is 0. The molecule has 0 aliphatic carbocycles. The van der Waals surface area contributed by atoms with Crippen LogP contribution < -0.4 is 10.5 Å². The summed E-state index contributed by atoms with van der Waals surface area (Å²) in [7, 11) is 0. The van der Waals surface area contributed by atoms with Gasteiger partial charge < -0.3 is 19.8 Å². The Kier molecular flexibility index (Phi) is 7.29. The summed E-state index contributed by atoms with van der Waals surface area (Å²) in [6, 6.07) is 17.7. The first-order valence-electron chi connectivity index (χ1n) is 12.4. The highest BCUT2D eigenvalue weighted by atomic mass is 16.7. The maximum atomic E-state index is 12.2. The number of benzene rings is 2. The van der Waals surface area contributed by atoms with Crippen molar-refractivity contribution < 1.29 is 14.3 Å². The van der Waals surface area contributed by atoms with Gasteiger partial charge in [-0.1, -0.05) is 55.8 Å². The molecule has 2 aromatic carbocycles. The summed E-state index contributed by atoms with van der Waals surface area (Å²) in [6.07, 6.45) is 2.32. The zero-order valence-electron chi connectivity index (χ0n) is 21.7. The van der Waals surface area contributed by atoms with Crippen LogP contribution in [0.25, 0.3) is 22.3 Å². The SMILES string of the molecule is CCCCc1nc2nc(C)c(N)cc2n1Cc1ccc(-c2ccccc2OC(=O)OC(C)(C)C)cc1. The number of imidazole rings is 1. The number of fused-ring (bicyclic) bond motifs is 1. The highest BCUT2D eigenvalue weighted by Gasteiger charge is 2.20. The third-order valence-corrected chi connectivity index (χ3v) is 5.88. The van der Waals surface area contributed by atoms with E-state index in [1.807, 2.05) is 64.1 Å². The van der Waals surface area contributed by atoms with Crippen molar-refractivity contribution in [3.63, 3.8) is 0 Å². The van der Waals surface area contributed by atoms with Gasteiger partial charge in [0.05, 0.1) is 16.9 Å². The van der Waals surface area contributed by atoms with Crippen LogP contribution in [0.15, 0.2) is 54.6 Å². The van der Waals surface area contributed by atoms with Gasteiger partial charge in [-0.2, -0.15) is 0 Å². The maximum Gasteiger partial charge on any atom is 0.514 e. The van der Waals surface area contributed by atoms with Gasteiger partial charge in [-0.05, 0) is 57.4 Å². The van der Waals surface area contributed by atoms with E-state index in [2.05, 4.69) is 28.6 Å². The Hall–Kier alpha value is -3.87. The molecule has 0 saturated carbocycles. The minimum Gasteiger partial charge on any atom is -0.428 e. The van der Waals surface area contributed by atoms with Crippen LogP contribution in [0.5, 0.6) is 5.75 Å². The molecule has 0 saturated heterocycles. The van der Waals surface area contributed by atoms with E-state index in [1.165, 1.54) is 0 Å². The van der Waals surface area contributed by atoms with Crippen LogP contribution in [-0.4, -0.2) is 26.3 Å². The van der Waals surface area contributed by atoms with E-state index in [0.717, 1.165) is 58.6 Å². The Labute approximate surface area is 212 Å². The second-order valence-electron chi connectivity index (χ2n) is 9.98. The lowest BCUT2D eigenvalue weighted by Crippen LogP contribution is -2.26. The van der Waals surface area contributed by atoms with Gasteiger partial charge in [0.2, 0.25) is 0 Å². The molecule has 0 atom stereocenters. The number of pyridine rings is 1. The van der Waals surface area contributed by atoms with E-state index in [0.29, 0.717) is 18.0 Å². The van der Waals surface area contributed by atoms with E-state index in [9.17, 15) is 4.79 Å². The van der Waals surface area contributed by atoms with Gasteiger partial charge in [-0.3, -0.25) is 0 Å². The summed E-state index contributed by atoms with van der Waals surface area (Å²) < 4.78 is 13.0. The van der Waals surface area contributed by atoms with Crippen molar-refractivity contribution in [2.45, 2.75) is 66.0 Å². The molecule has 36 heavy (non-hydrogen) atoms. The number of aromatic nitrogens is 3. The zero-order chi connectivity index (χ0) is 25.9. The second kappa shape index (κ2) is 10.4. The molecule has 188 valence electrons. The average Bonchev–Trinajstić information content (AvgIpc) is 3.13. The monoisotopic (exact) mass is 486 g/mol. The van der Waals surface area contributed by atoms with Gasteiger partial charge in [0.15, 0.2) is 5.65 Å². The predicted octanol–water partition coefficient (Wildman–Crippen LogP) is 6.69. The van der Waals surface area contributed by atoms with Gasteiger partial charge >= 0.3 is 6.16 Å². The number of nitrogens with zero attached hydrogens (tertiary/aromatic N) is 3. The van der Waals surface area contributed by atoms with Crippen molar-refractivity contribution >= 4 is 23.0 Å². The van der Waals surface area contributed by atoms with E-state index in [-0.39, 0.29) is 0 Å². The van der Waals surface area contributed by atoms with Gasteiger partial charge in [0.25, 0.3) is 0 Å². The number of hydrogen-bond acceptors (Lipinski definition) is 6. The number of ether oxygens (including phenoxy) is 2. The number of nitrogen functional groups attached to an aromatic ring is 1. The van der Waals surface area contributed by atoms with E-state index < -0.39 is 11.8 Å². The summed E-state index contributed by atoms with van der Waals surface area (Å²) in [4.78, 5) is 21.7. The fraction of sp³-hybridized carbons (Fsp3) is 0.345. The Morgan fingerprint density at radius 1 is 1.06 bits per heavy atom. The maximum absolute atomic E-state index is 12.2. The largest absolute Gasteiger partial charge is 0.514 e. The molecular formula is C29H34N4O3. The number of aryl methyl sites for hydroxylation is 2. The van der Waals surface area contributed by atoms with Gasteiger partial charge in [-0.15, -0.1) is 0 Å². The lowest BCUT2D eigenvalue weighted by atomic mass is 10.0. The highest BCUT2D eigenvalue weighted by Crippen LogP contribution is 2.31. The van der Waals surface area contributed by atoms with Crippen LogP contribution in [0.1, 0.15) is 57.6 Å². The lowest BCUT2D eigenvalue weighted by molar-refractivity contribution is 0.0207. The first kappa shape index (κ1) is 25.2. The number of hydrogen-bond donors (Lipinski definition) is 1. The third kappa shape index (κ3) is 5.85. The molecular weight excluding hydrogens is 452 g/mol. The van der Waals surface area contributed by atoms with E-state index in [1.54, 1.807) is 6.07 Å². The molecule has 0 aliphatic rings. The molecule has 4 rings (SSSR count). The molecule has 0 aliphatic heterocycles. The fourth-order valence-corrected chi connectivity index (χ4v) is 4.03. The topological polar surface area (TPSA) is 92.3 Å². The number of anilines is 1. The summed E-state index contributed by atoms with van der Waals surface area (Å²) in [5.41, 5.74) is 11.6. The second-order valence-corrected chi connectivity index (χ2v) is 9.98. The Morgan fingerprint density at radius 3 is 2.47 bits per heavy atom. The van der Waals surface area contributed by atoms with Crippen LogP contribution >= 0.6 is 0 Å². The molecule has 0 fully saturated rings. The molecule has 4 aromatic rings. The number of nitrogens with two attached hydrogens (primary N) is 1. The smallest absolute Gasteiger partial charge is 0.428 e. The van der Waals surface area contributed by atoms with Crippen LogP contribution in [0.3, 0.4) is 0 Å². The molecule has 2 aromatic heterocycles. The minimum absolute atomic E-state index is 0.457. The molecule has 0 unspecified atom stereocenters. The van der Waals surface area contributed by atoms with Crippen molar-refractivity contribution in [1.29, 1.82) is 0 Å². The van der Waals surface area contributed by atoms with Crippen LogP contribution in [0.2, 0.25) is 0 Å². The number of carbonyl (C=O) groups excluding carboxylic acids is 1. The van der Waals surface area contributed by atoms with Gasteiger partial charge in [-0.25, -0.2) is 14.8 Å². The number of unbranched alkanes of at least 4 members (excludes halogenated alkanes) is 1. The van der Waals surface area contributed by atoms with E-state index in [4.69, 9.17) is 20.2 Å². The number of carbonyl (C=O) groups is 1. The molecule has 2 heterocycles. The van der Waals surface area contributed by atoms with Crippen molar-refractivity contribution in [2.24, 2.45) is 0 Å². The Balaban J connectivity index is 1.61. The first-order chi connectivity index (χ1) is 17.1. The third-order valence-electron chi connectivity index (χ3n) is 5.88. The quantitative estimate of drug-likeness (QED) is 0.231. The Bertz CT molecular complexity index is 1370. The fourth-order valence-electron chi connectivity index (χ4n) is 4.03. The molecule has 0 bridgehead atoms. The van der Waals surface area contributed by atoms with Crippen molar-refractivity contribution in [3.05, 3.63) is 71.7 Å². The summed E-state index contributed by atoms with van der Waals surface area (Å²) in [5, 5.41) is 0. The van der Waals surface area contributed by atoms with Crippen molar-refractivity contribution in [2.75, 3.05) is 5.73 Å². The lowest BCUT2D eigenvalue weighted by Gasteiger charge is -2.19. The summed E-state index contributed by atoms with van der Waals surface area (Å²) in [5.74, 6) is 1.48. The van der Waals surface area contributed by atoms with Gasteiger partial charge in [0, 0.05) is 18.5 Å². The number of para-hydroxylation sites is 1. The normalized spacial score (nSPS) is 11.6. The standard InChI is InChI=1S/C29H34N4O3/c1-6-7-12-26-32-27-24(17-23(30)19(2)31-27)33(26)18-20-13-15-21(16-14-20)22-10-8-9-11-25(22)35-28(34)36-29(3,4)5/h8-11,13-17H,6-7,12,18,30H2,1-5H3. The molecule has 0 radical (unpaired) electrons. The highest BCUT2D eigenvalue weighted by molar-refractivity contribution is 5.77.